The number of carboxylic acids is 1. The van der Waals surface area contributed by atoms with Gasteiger partial charge in [-0.15, -0.1) is 0 Å². The van der Waals surface area contributed by atoms with Gasteiger partial charge in [-0.25, -0.2) is 29.7 Å². The molecule has 0 amide bonds. The summed E-state index contributed by atoms with van der Waals surface area (Å²) in [5.41, 5.74) is 10.3. The summed E-state index contributed by atoms with van der Waals surface area (Å²) in [6.45, 7) is 8.54. The number of hydrogen-bond acceptors (Lipinski definition) is 6. The number of hydrogen-bond donors (Lipinski definition) is 1. The Balaban J connectivity index is 1.12. The second-order valence-corrected chi connectivity index (χ2v) is 12.0. The standard InChI is InChI=1S/C39H34N8O2/c1-4-45-33-16-8-7-11-26(33)42-36(45)27-12-9-13-28(40-27)37-43-31-22-24(17-19-34(31)46(37)5-2)21-25-18-20-35-32(23-25)44-38(47(35)6-3)29-14-10-15-30(41-29)39(48)49/h7-20,22-23H,4-6,21H2,1-3H3,(H,48,49). The second-order valence-electron chi connectivity index (χ2n) is 12.0. The number of aryl methyl sites for hydroxylation is 3. The minimum absolute atomic E-state index is 0.00205. The van der Waals surface area contributed by atoms with Gasteiger partial charge in [0.15, 0.2) is 17.5 Å². The van der Waals surface area contributed by atoms with Crippen molar-refractivity contribution < 1.29 is 9.90 Å². The molecular formula is C39H34N8O2. The molecule has 0 saturated heterocycles. The smallest absolute Gasteiger partial charge is 0.354 e. The highest BCUT2D eigenvalue weighted by molar-refractivity contribution is 5.87. The molecule has 0 unspecified atom stereocenters. The van der Waals surface area contributed by atoms with E-state index in [0.717, 1.165) is 80.4 Å². The maximum Gasteiger partial charge on any atom is 0.354 e. The highest BCUT2D eigenvalue weighted by atomic mass is 16.4. The van der Waals surface area contributed by atoms with Crippen LogP contribution in [-0.2, 0) is 26.1 Å². The quantitative estimate of drug-likeness (QED) is 0.170. The Morgan fingerprint density at radius 1 is 0.531 bits per heavy atom. The van der Waals surface area contributed by atoms with Crippen molar-refractivity contribution >= 4 is 39.1 Å². The van der Waals surface area contributed by atoms with E-state index in [2.05, 4.69) is 75.0 Å². The van der Waals surface area contributed by atoms with E-state index in [9.17, 15) is 9.90 Å². The van der Waals surface area contributed by atoms with E-state index in [-0.39, 0.29) is 5.69 Å². The van der Waals surface area contributed by atoms with Crippen LogP contribution in [0.1, 0.15) is 42.4 Å². The number of rotatable bonds is 9. The Labute approximate surface area is 282 Å². The van der Waals surface area contributed by atoms with Crippen LogP contribution in [0.4, 0.5) is 0 Å². The van der Waals surface area contributed by atoms with E-state index in [1.807, 2.05) is 43.3 Å². The number of pyridine rings is 2. The number of carboxylic acid groups (broad SMARTS) is 1. The van der Waals surface area contributed by atoms with Gasteiger partial charge < -0.3 is 18.8 Å². The molecule has 0 fully saturated rings. The van der Waals surface area contributed by atoms with Crippen LogP contribution < -0.4 is 0 Å². The van der Waals surface area contributed by atoms with E-state index in [1.165, 1.54) is 6.07 Å². The summed E-state index contributed by atoms with van der Waals surface area (Å²) in [6.07, 6.45) is 0.711. The molecular weight excluding hydrogens is 612 g/mol. The molecule has 0 saturated carbocycles. The molecule has 3 aromatic carbocycles. The highest BCUT2D eigenvalue weighted by Crippen LogP contribution is 2.30. The SMILES string of the molecule is CCn1c(-c2cccc(C(=O)O)n2)nc2cc(Cc3ccc4c(c3)nc(-c3cccc(-c5nc6ccccc6n5CC)n3)n4CC)ccc21. The van der Waals surface area contributed by atoms with Crippen LogP contribution in [0.5, 0.6) is 0 Å². The number of aromatic carboxylic acids is 1. The van der Waals surface area contributed by atoms with Crippen molar-refractivity contribution in [2.75, 3.05) is 0 Å². The third-order valence-electron chi connectivity index (χ3n) is 9.04. The van der Waals surface area contributed by atoms with Crippen LogP contribution in [0, 0.1) is 0 Å². The van der Waals surface area contributed by atoms with Crippen molar-refractivity contribution in [3.05, 3.63) is 114 Å². The maximum atomic E-state index is 11.5. The van der Waals surface area contributed by atoms with Crippen molar-refractivity contribution in [2.45, 2.75) is 46.8 Å². The first kappa shape index (κ1) is 30.2. The molecule has 0 aliphatic rings. The molecule has 0 bridgehead atoms. The van der Waals surface area contributed by atoms with Crippen LogP contribution in [0.15, 0.2) is 97.1 Å². The minimum Gasteiger partial charge on any atom is -0.477 e. The minimum atomic E-state index is -1.06. The van der Waals surface area contributed by atoms with Crippen LogP contribution in [-0.4, -0.2) is 49.7 Å². The number of aromatic nitrogens is 8. The largest absolute Gasteiger partial charge is 0.477 e. The zero-order valence-electron chi connectivity index (χ0n) is 27.5. The van der Waals surface area contributed by atoms with Gasteiger partial charge in [0.1, 0.15) is 22.8 Å². The monoisotopic (exact) mass is 646 g/mol. The molecule has 5 aromatic heterocycles. The number of carbonyl (C=O) groups is 1. The van der Waals surface area contributed by atoms with Crippen molar-refractivity contribution in [1.29, 1.82) is 0 Å². The molecule has 10 nitrogen and oxygen atoms in total. The van der Waals surface area contributed by atoms with Gasteiger partial charge in [0.25, 0.3) is 0 Å². The molecule has 8 rings (SSSR count). The van der Waals surface area contributed by atoms with Crippen molar-refractivity contribution in [2.24, 2.45) is 0 Å². The van der Waals surface area contributed by atoms with Gasteiger partial charge >= 0.3 is 5.97 Å². The first-order chi connectivity index (χ1) is 23.9. The predicted molar refractivity (Wildman–Crippen MR) is 191 cm³/mol. The lowest BCUT2D eigenvalue weighted by molar-refractivity contribution is 0.0690. The van der Waals surface area contributed by atoms with E-state index >= 15 is 0 Å². The Morgan fingerprint density at radius 3 is 1.53 bits per heavy atom. The Morgan fingerprint density at radius 2 is 1.00 bits per heavy atom. The van der Waals surface area contributed by atoms with E-state index in [4.69, 9.17) is 19.9 Å². The molecule has 1 N–H and O–H groups in total. The van der Waals surface area contributed by atoms with E-state index in [1.54, 1.807) is 12.1 Å². The normalized spacial score (nSPS) is 11.7. The summed E-state index contributed by atoms with van der Waals surface area (Å²) in [4.78, 5) is 35.9. The molecule has 0 spiro atoms. The lowest BCUT2D eigenvalue weighted by atomic mass is 10.0. The average molecular weight is 647 g/mol. The number of fused-ring (bicyclic) bond motifs is 3. The molecule has 5 heterocycles. The summed E-state index contributed by atoms with van der Waals surface area (Å²) in [5.74, 6) is 1.27. The zero-order valence-corrected chi connectivity index (χ0v) is 27.5. The van der Waals surface area contributed by atoms with Gasteiger partial charge in [0.05, 0.1) is 33.1 Å². The summed E-state index contributed by atoms with van der Waals surface area (Å²) < 4.78 is 6.49. The zero-order chi connectivity index (χ0) is 33.6. The third-order valence-corrected chi connectivity index (χ3v) is 9.04. The average Bonchev–Trinajstić information content (AvgIpc) is 3.82. The molecule has 10 heteroatoms. The van der Waals surface area contributed by atoms with E-state index < -0.39 is 5.97 Å². The van der Waals surface area contributed by atoms with Gasteiger partial charge in [0.2, 0.25) is 0 Å². The summed E-state index contributed by atoms with van der Waals surface area (Å²) in [7, 11) is 0. The van der Waals surface area contributed by atoms with E-state index in [0.29, 0.717) is 24.5 Å². The Bertz CT molecular complexity index is 2540. The fourth-order valence-electron chi connectivity index (χ4n) is 6.79. The summed E-state index contributed by atoms with van der Waals surface area (Å²) in [6, 6.07) is 32.0. The lowest BCUT2D eigenvalue weighted by Crippen LogP contribution is -2.03. The number of para-hydroxylation sites is 2. The van der Waals surface area contributed by atoms with Gasteiger partial charge in [-0.3, -0.25) is 0 Å². The van der Waals surface area contributed by atoms with Gasteiger partial charge in [-0.1, -0.05) is 36.4 Å². The lowest BCUT2D eigenvalue weighted by Gasteiger charge is -2.09. The number of nitrogens with zero attached hydrogens (tertiary/aromatic N) is 8. The van der Waals surface area contributed by atoms with Crippen LogP contribution in [0.3, 0.4) is 0 Å². The molecule has 8 aromatic rings. The van der Waals surface area contributed by atoms with Gasteiger partial charge in [0, 0.05) is 19.6 Å². The molecule has 242 valence electrons. The number of imidazole rings is 3. The van der Waals surface area contributed by atoms with Crippen LogP contribution in [0.25, 0.3) is 67.7 Å². The molecule has 49 heavy (non-hydrogen) atoms. The fourth-order valence-corrected chi connectivity index (χ4v) is 6.79. The van der Waals surface area contributed by atoms with Gasteiger partial charge in [-0.2, -0.15) is 0 Å². The maximum absolute atomic E-state index is 11.5. The van der Waals surface area contributed by atoms with Crippen molar-refractivity contribution in [3.63, 3.8) is 0 Å². The molecule has 0 radical (unpaired) electrons. The second kappa shape index (κ2) is 12.1. The Hall–Kier alpha value is -6.16. The van der Waals surface area contributed by atoms with Crippen molar-refractivity contribution in [1.82, 2.24) is 38.6 Å². The van der Waals surface area contributed by atoms with Crippen molar-refractivity contribution in [3.8, 4) is 34.6 Å². The summed E-state index contributed by atoms with van der Waals surface area (Å²) in [5, 5.41) is 9.45. The number of benzene rings is 3. The highest BCUT2D eigenvalue weighted by Gasteiger charge is 2.18. The third kappa shape index (κ3) is 5.22. The predicted octanol–water partition coefficient (Wildman–Crippen LogP) is 7.88. The van der Waals surface area contributed by atoms with Crippen LogP contribution in [0.2, 0.25) is 0 Å². The first-order valence-corrected chi connectivity index (χ1v) is 16.6. The fraction of sp³-hybridized carbons (Fsp3) is 0.179. The Kier molecular flexibility index (Phi) is 7.48. The molecule has 0 atom stereocenters. The van der Waals surface area contributed by atoms with Gasteiger partial charge in [-0.05, 0) is 99.0 Å². The topological polar surface area (TPSA) is 117 Å². The molecule has 0 aliphatic heterocycles. The summed E-state index contributed by atoms with van der Waals surface area (Å²) >= 11 is 0. The first-order valence-electron chi connectivity index (χ1n) is 16.6. The van der Waals surface area contributed by atoms with Crippen LogP contribution >= 0.6 is 0 Å². The molecule has 0 aliphatic carbocycles.